The second-order valence-corrected chi connectivity index (χ2v) is 16.9. The molecule has 0 amide bonds. The van der Waals surface area contributed by atoms with E-state index in [1.807, 2.05) is 36.7 Å². The zero-order valence-corrected chi connectivity index (χ0v) is 27.5. The molecule has 4 heteroatoms. The van der Waals surface area contributed by atoms with Crippen LogP contribution in [-0.4, -0.2) is 22.6 Å². The topological polar surface area (TPSA) is 65.2 Å². The number of hydrogen-bond acceptors (Lipinski definition) is 4. The highest BCUT2D eigenvalue weighted by molar-refractivity contribution is 5.90. The summed E-state index contributed by atoms with van der Waals surface area (Å²) in [5.41, 5.74) is 8.02. The number of benzene rings is 3. The van der Waals surface area contributed by atoms with Crippen molar-refractivity contribution in [2.45, 2.75) is 102 Å². The summed E-state index contributed by atoms with van der Waals surface area (Å²) >= 11 is 0. The minimum atomic E-state index is 0.125. The lowest BCUT2D eigenvalue weighted by Gasteiger charge is -2.57. The summed E-state index contributed by atoms with van der Waals surface area (Å²) in [4.78, 5) is 9.80. The van der Waals surface area contributed by atoms with Crippen molar-refractivity contribution in [1.82, 2.24) is 0 Å². The molecular formula is C42H48N2O2. The molecule has 0 saturated heterocycles. The van der Waals surface area contributed by atoms with Crippen molar-refractivity contribution in [1.29, 1.82) is 0 Å². The van der Waals surface area contributed by atoms with E-state index in [4.69, 9.17) is 9.98 Å². The van der Waals surface area contributed by atoms with Crippen molar-refractivity contribution in [2.75, 3.05) is 0 Å². The maximum absolute atomic E-state index is 11.7. The van der Waals surface area contributed by atoms with Crippen LogP contribution in [0.25, 0.3) is 0 Å². The largest absolute Gasteiger partial charge is 0.507 e. The molecule has 8 saturated carbocycles. The summed E-state index contributed by atoms with van der Waals surface area (Å²) < 4.78 is 0. The van der Waals surface area contributed by atoms with E-state index in [0.29, 0.717) is 11.5 Å². The average Bonchev–Trinajstić information content (AvgIpc) is 3.00. The summed E-state index contributed by atoms with van der Waals surface area (Å²) in [6.07, 6.45) is 19.3. The third-order valence-electron chi connectivity index (χ3n) is 13.4. The Balaban J connectivity index is 1.01. The minimum absolute atomic E-state index is 0.125. The van der Waals surface area contributed by atoms with Gasteiger partial charge in [0.1, 0.15) is 11.5 Å². The van der Waals surface area contributed by atoms with Gasteiger partial charge in [0.05, 0.1) is 11.4 Å². The van der Waals surface area contributed by atoms with Crippen LogP contribution < -0.4 is 0 Å². The molecule has 0 atom stereocenters. The smallest absolute Gasteiger partial charge is 0.128 e. The molecule has 0 unspecified atom stereocenters. The van der Waals surface area contributed by atoms with Crippen LogP contribution in [0.5, 0.6) is 11.5 Å². The molecular weight excluding hydrogens is 564 g/mol. The molecule has 8 bridgehead atoms. The number of phenols is 2. The van der Waals surface area contributed by atoms with Crippen molar-refractivity contribution in [2.24, 2.45) is 45.5 Å². The van der Waals surface area contributed by atoms with Crippen LogP contribution in [0.1, 0.15) is 110 Å². The Morgan fingerprint density at radius 2 is 0.870 bits per heavy atom. The number of nitrogens with zero attached hydrogens (tertiary/aromatic N) is 2. The van der Waals surface area contributed by atoms with Gasteiger partial charge in [0.25, 0.3) is 0 Å². The van der Waals surface area contributed by atoms with Crippen LogP contribution in [0.3, 0.4) is 0 Å². The molecule has 0 spiro atoms. The van der Waals surface area contributed by atoms with Crippen LogP contribution in [0.15, 0.2) is 58.5 Å². The van der Waals surface area contributed by atoms with Crippen LogP contribution in [0, 0.1) is 49.4 Å². The monoisotopic (exact) mass is 612 g/mol. The Labute approximate surface area is 274 Å². The van der Waals surface area contributed by atoms with Crippen molar-refractivity contribution in [3.8, 4) is 11.5 Å². The van der Waals surface area contributed by atoms with Gasteiger partial charge >= 0.3 is 0 Å². The number of aliphatic imine (C=N–C) groups is 2. The zero-order valence-electron chi connectivity index (χ0n) is 27.5. The lowest BCUT2D eigenvalue weighted by Crippen LogP contribution is -2.48. The van der Waals surface area contributed by atoms with Crippen LogP contribution in [-0.2, 0) is 10.8 Å². The molecule has 3 aromatic rings. The molecule has 0 aliphatic heterocycles. The third kappa shape index (κ3) is 4.76. The molecule has 8 aliphatic carbocycles. The SMILES string of the molecule is Cc1cc(C=Nc2ccccc2N=Cc2cc(C)cc(C34CC5CC(CC(C5)C3)C4)c2O)c(O)c(C23CC4CC(CC(C4)C2)C3)c1. The minimum Gasteiger partial charge on any atom is -0.507 e. The van der Waals surface area contributed by atoms with Gasteiger partial charge in [-0.3, -0.25) is 9.98 Å². The highest BCUT2D eigenvalue weighted by atomic mass is 16.3. The van der Waals surface area contributed by atoms with Crippen molar-refractivity contribution >= 4 is 23.8 Å². The van der Waals surface area contributed by atoms with E-state index in [9.17, 15) is 10.2 Å². The van der Waals surface area contributed by atoms with E-state index in [0.717, 1.165) is 69.1 Å². The van der Waals surface area contributed by atoms with E-state index in [2.05, 4.69) is 38.1 Å². The molecule has 8 fully saturated rings. The number of phenolic OH excluding ortho intramolecular Hbond substituents is 2. The summed E-state index contributed by atoms with van der Waals surface area (Å²) in [6, 6.07) is 16.6. The maximum atomic E-state index is 11.7. The van der Waals surface area contributed by atoms with Crippen molar-refractivity contribution in [3.05, 3.63) is 81.9 Å². The predicted molar refractivity (Wildman–Crippen MR) is 186 cm³/mol. The Bertz CT molecular complexity index is 1570. The van der Waals surface area contributed by atoms with Crippen LogP contribution in [0.4, 0.5) is 11.4 Å². The molecule has 8 aliphatic rings. The number of hydrogen-bond donors (Lipinski definition) is 2. The van der Waals surface area contributed by atoms with Gasteiger partial charge in [0, 0.05) is 34.7 Å². The van der Waals surface area contributed by atoms with E-state index in [1.165, 1.54) is 88.2 Å². The summed E-state index contributed by atoms with van der Waals surface area (Å²) in [7, 11) is 0. The Hall–Kier alpha value is -3.40. The third-order valence-corrected chi connectivity index (χ3v) is 13.4. The van der Waals surface area contributed by atoms with Crippen molar-refractivity contribution in [3.63, 3.8) is 0 Å². The molecule has 46 heavy (non-hydrogen) atoms. The fourth-order valence-electron chi connectivity index (χ4n) is 12.5. The fraction of sp³-hybridized carbons (Fsp3) is 0.524. The van der Waals surface area contributed by atoms with Gasteiger partial charge in [0.2, 0.25) is 0 Å². The molecule has 0 aromatic heterocycles. The molecule has 3 aromatic carbocycles. The zero-order chi connectivity index (χ0) is 31.2. The fourth-order valence-corrected chi connectivity index (χ4v) is 12.5. The Morgan fingerprint density at radius 3 is 1.20 bits per heavy atom. The summed E-state index contributed by atoms with van der Waals surface area (Å²) in [5.74, 6) is 5.77. The summed E-state index contributed by atoms with van der Waals surface area (Å²) in [6.45, 7) is 4.29. The van der Waals surface area contributed by atoms with Gasteiger partial charge in [-0.25, -0.2) is 0 Å². The quantitative estimate of drug-likeness (QED) is 0.272. The lowest BCUT2D eigenvalue weighted by atomic mass is 9.48. The first kappa shape index (κ1) is 28.8. The number of aryl methyl sites for hydroxylation is 2. The predicted octanol–water partition coefficient (Wildman–Crippen LogP) is 10.2. The summed E-state index contributed by atoms with van der Waals surface area (Å²) in [5, 5.41) is 23.4. The Morgan fingerprint density at radius 1 is 0.543 bits per heavy atom. The van der Waals surface area contributed by atoms with Crippen molar-refractivity contribution < 1.29 is 10.2 Å². The molecule has 0 radical (unpaired) electrons. The van der Waals surface area contributed by atoms with Gasteiger partial charge in [-0.2, -0.15) is 0 Å². The molecule has 238 valence electrons. The molecule has 4 nitrogen and oxygen atoms in total. The second kappa shape index (κ2) is 10.6. The van der Waals surface area contributed by atoms with Gasteiger partial charge < -0.3 is 10.2 Å². The van der Waals surface area contributed by atoms with E-state index in [-0.39, 0.29) is 10.8 Å². The van der Waals surface area contributed by atoms with Gasteiger partial charge in [-0.15, -0.1) is 0 Å². The number of para-hydroxylation sites is 2. The first-order valence-corrected chi connectivity index (χ1v) is 18.1. The highest BCUT2D eigenvalue weighted by Crippen LogP contribution is 2.63. The number of rotatable bonds is 6. The van der Waals surface area contributed by atoms with Crippen LogP contribution in [0.2, 0.25) is 0 Å². The standard InChI is InChI=1S/C42H48N2O2/c1-25-7-33(39(45)35(9-25)41-17-27-11-28(18-41)13-29(12-27)19-41)23-43-37-5-3-4-6-38(37)44-24-34-8-26(2)10-36(40(34)46)42-20-30-14-31(21-42)16-32(15-30)22-42/h3-10,23-24,27-32,45-46H,11-22H2,1-2H3. The second-order valence-electron chi connectivity index (χ2n) is 16.9. The van der Waals surface area contributed by atoms with E-state index in [1.54, 1.807) is 0 Å². The molecule has 11 rings (SSSR count). The van der Waals surface area contributed by atoms with Gasteiger partial charge in [-0.05, 0) is 173 Å². The van der Waals surface area contributed by atoms with E-state index >= 15 is 0 Å². The average molecular weight is 613 g/mol. The highest BCUT2D eigenvalue weighted by Gasteiger charge is 2.53. The van der Waals surface area contributed by atoms with Crippen LogP contribution >= 0.6 is 0 Å². The first-order valence-electron chi connectivity index (χ1n) is 18.1. The molecule has 2 N–H and O–H groups in total. The number of aromatic hydroxyl groups is 2. The molecule has 0 heterocycles. The lowest BCUT2D eigenvalue weighted by molar-refractivity contribution is -0.00631. The normalized spacial score (nSPS) is 35.6. The Kier molecular flexibility index (Phi) is 6.61. The van der Waals surface area contributed by atoms with E-state index < -0.39 is 0 Å². The first-order chi connectivity index (χ1) is 22.2. The van der Waals surface area contributed by atoms with Gasteiger partial charge in [0.15, 0.2) is 0 Å². The maximum Gasteiger partial charge on any atom is 0.128 e. The van der Waals surface area contributed by atoms with Gasteiger partial charge in [-0.1, -0.05) is 24.3 Å².